The molecule has 0 heterocycles. The van der Waals surface area contributed by atoms with Crippen molar-refractivity contribution >= 4 is 5.69 Å². The molecular weight excluding hydrogens is 267 g/mol. The van der Waals surface area contributed by atoms with Gasteiger partial charge in [0.2, 0.25) is 0 Å². The molecule has 0 aliphatic rings. The molecule has 0 bridgehead atoms. The average molecular weight is 281 g/mol. The third-order valence-electron chi connectivity index (χ3n) is 2.97. The van der Waals surface area contributed by atoms with Gasteiger partial charge in [0.25, 0.3) is 0 Å². The Hall–Kier alpha value is -2.17. The Balaban J connectivity index is 2.17. The largest absolute Gasteiger partial charge is 0.494 e. The van der Waals surface area contributed by atoms with E-state index in [-0.39, 0.29) is 18.0 Å². The molecule has 106 valence electrons. The summed E-state index contributed by atoms with van der Waals surface area (Å²) in [5, 5.41) is 2.65. The van der Waals surface area contributed by atoms with Crippen molar-refractivity contribution in [1.82, 2.24) is 0 Å². The van der Waals surface area contributed by atoms with Gasteiger partial charge in [0.1, 0.15) is 11.5 Å². The Morgan fingerprint density at radius 3 is 2.45 bits per heavy atom. The molecule has 0 fully saturated rings. The van der Waals surface area contributed by atoms with Gasteiger partial charge in [0, 0.05) is 6.54 Å². The van der Waals surface area contributed by atoms with Crippen molar-refractivity contribution in [2.24, 2.45) is 0 Å². The van der Waals surface area contributed by atoms with Gasteiger partial charge in [0.15, 0.2) is 17.4 Å². The maximum absolute atomic E-state index is 13.8. The molecule has 0 saturated heterocycles. The predicted octanol–water partition coefficient (Wildman–Crippen LogP) is 4.03. The van der Waals surface area contributed by atoms with Crippen LogP contribution in [-0.2, 0) is 6.54 Å². The molecule has 2 nitrogen and oxygen atoms in total. The monoisotopic (exact) mass is 281 g/mol. The van der Waals surface area contributed by atoms with Crippen LogP contribution >= 0.6 is 0 Å². The van der Waals surface area contributed by atoms with E-state index < -0.39 is 17.5 Å². The lowest BCUT2D eigenvalue weighted by atomic mass is 10.1. The molecule has 5 heteroatoms. The molecule has 20 heavy (non-hydrogen) atoms. The number of ether oxygens (including phenoxy) is 1. The van der Waals surface area contributed by atoms with E-state index in [4.69, 9.17) is 4.74 Å². The number of halogens is 3. The van der Waals surface area contributed by atoms with Crippen LogP contribution in [0.4, 0.5) is 18.9 Å². The van der Waals surface area contributed by atoms with Crippen molar-refractivity contribution in [1.29, 1.82) is 0 Å². The van der Waals surface area contributed by atoms with Gasteiger partial charge < -0.3 is 10.1 Å². The van der Waals surface area contributed by atoms with Crippen molar-refractivity contribution in [3.63, 3.8) is 0 Å². The number of rotatable bonds is 4. The number of methoxy groups -OCH3 is 1. The minimum absolute atomic E-state index is 0.109. The van der Waals surface area contributed by atoms with Crippen molar-refractivity contribution in [2.45, 2.75) is 13.5 Å². The summed E-state index contributed by atoms with van der Waals surface area (Å²) in [6, 6.07) is 6.91. The lowest BCUT2D eigenvalue weighted by molar-refractivity contribution is 0.386. The highest BCUT2D eigenvalue weighted by Gasteiger charge is 2.11. The van der Waals surface area contributed by atoms with Crippen molar-refractivity contribution in [3.8, 4) is 5.75 Å². The predicted molar refractivity (Wildman–Crippen MR) is 71.4 cm³/mol. The van der Waals surface area contributed by atoms with Crippen LogP contribution in [0.5, 0.6) is 5.75 Å². The first-order valence-electron chi connectivity index (χ1n) is 6.04. The summed E-state index contributed by atoms with van der Waals surface area (Å²) in [4.78, 5) is 0. The molecule has 0 unspecified atom stereocenters. The summed E-state index contributed by atoms with van der Waals surface area (Å²) < 4.78 is 45.6. The fourth-order valence-electron chi connectivity index (χ4n) is 1.83. The number of nitrogens with one attached hydrogen (secondary N) is 1. The van der Waals surface area contributed by atoms with Gasteiger partial charge in [-0.25, -0.2) is 13.2 Å². The zero-order chi connectivity index (χ0) is 14.7. The molecule has 0 aliphatic heterocycles. The Morgan fingerprint density at radius 2 is 1.80 bits per heavy atom. The quantitative estimate of drug-likeness (QED) is 0.913. The smallest absolute Gasteiger partial charge is 0.165 e. The second-order valence-electron chi connectivity index (χ2n) is 4.38. The number of anilines is 1. The van der Waals surface area contributed by atoms with Crippen molar-refractivity contribution in [3.05, 3.63) is 58.9 Å². The minimum Gasteiger partial charge on any atom is -0.494 e. The molecular formula is C15H14F3NO. The fourth-order valence-corrected chi connectivity index (χ4v) is 1.83. The van der Waals surface area contributed by atoms with Gasteiger partial charge in [0.05, 0.1) is 7.11 Å². The zero-order valence-corrected chi connectivity index (χ0v) is 11.1. The molecule has 0 saturated carbocycles. The highest BCUT2D eigenvalue weighted by atomic mass is 19.1. The Bertz CT molecular complexity index is 629. The van der Waals surface area contributed by atoms with Gasteiger partial charge in [-0.3, -0.25) is 0 Å². The number of benzene rings is 2. The molecule has 0 spiro atoms. The van der Waals surface area contributed by atoms with E-state index >= 15 is 0 Å². The zero-order valence-electron chi connectivity index (χ0n) is 11.1. The summed E-state index contributed by atoms with van der Waals surface area (Å²) in [5.41, 5.74) is 0.694. The third kappa shape index (κ3) is 2.87. The van der Waals surface area contributed by atoms with Gasteiger partial charge >= 0.3 is 0 Å². The summed E-state index contributed by atoms with van der Waals surface area (Å²) >= 11 is 0. The Kier molecular flexibility index (Phi) is 4.17. The average Bonchev–Trinajstić information content (AvgIpc) is 2.43. The molecule has 0 aromatic heterocycles. The number of aryl methyl sites for hydroxylation is 1. The molecule has 1 N–H and O–H groups in total. The molecule has 0 radical (unpaired) electrons. The van der Waals surface area contributed by atoms with E-state index in [1.165, 1.54) is 31.4 Å². The number of hydrogen-bond donors (Lipinski definition) is 1. The van der Waals surface area contributed by atoms with Gasteiger partial charge in [-0.15, -0.1) is 0 Å². The summed E-state index contributed by atoms with van der Waals surface area (Å²) in [5.74, 6) is -1.71. The van der Waals surface area contributed by atoms with E-state index in [0.717, 1.165) is 0 Å². The molecule has 2 rings (SSSR count). The fraction of sp³-hybridized carbons (Fsp3) is 0.200. The summed E-state index contributed by atoms with van der Waals surface area (Å²) in [6.07, 6.45) is 0. The van der Waals surface area contributed by atoms with Crippen LogP contribution in [0, 0.1) is 24.4 Å². The summed E-state index contributed by atoms with van der Waals surface area (Å²) in [7, 11) is 1.37. The first-order chi connectivity index (χ1) is 9.52. The standard InChI is InChI=1S/C15H14F3NO/c1-9-3-5-11(16)15(14(9)18)19-8-10-4-6-13(20-2)12(17)7-10/h3-7,19H,8H2,1-2H3. The van der Waals surface area contributed by atoms with E-state index in [2.05, 4.69) is 5.32 Å². The van der Waals surface area contributed by atoms with Gasteiger partial charge in [-0.05, 0) is 36.2 Å². The molecule has 2 aromatic rings. The van der Waals surface area contributed by atoms with Crippen LogP contribution in [0.25, 0.3) is 0 Å². The molecule has 0 aliphatic carbocycles. The first-order valence-corrected chi connectivity index (χ1v) is 6.04. The number of hydrogen-bond acceptors (Lipinski definition) is 2. The van der Waals surface area contributed by atoms with Crippen LogP contribution in [-0.4, -0.2) is 7.11 Å². The molecule has 0 atom stereocenters. The maximum Gasteiger partial charge on any atom is 0.165 e. The highest BCUT2D eigenvalue weighted by molar-refractivity contribution is 5.49. The molecule has 2 aromatic carbocycles. The lowest BCUT2D eigenvalue weighted by Gasteiger charge is -2.11. The van der Waals surface area contributed by atoms with Crippen LogP contribution < -0.4 is 10.1 Å². The second kappa shape index (κ2) is 5.86. The van der Waals surface area contributed by atoms with E-state index in [1.54, 1.807) is 13.0 Å². The van der Waals surface area contributed by atoms with Gasteiger partial charge in [-0.2, -0.15) is 0 Å². The van der Waals surface area contributed by atoms with E-state index in [9.17, 15) is 13.2 Å². The second-order valence-corrected chi connectivity index (χ2v) is 4.38. The normalized spacial score (nSPS) is 10.4. The third-order valence-corrected chi connectivity index (χ3v) is 2.97. The summed E-state index contributed by atoms with van der Waals surface area (Å²) in [6.45, 7) is 1.66. The van der Waals surface area contributed by atoms with Crippen molar-refractivity contribution in [2.75, 3.05) is 12.4 Å². The highest BCUT2D eigenvalue weighted by Crippen LogP contribution is 2.23. The Morgan fingerprint density at radius 1 is 1.05 bits per heavy atom. The van der Waals surface area contributed by atoms with Crippen molar-refractivity contribution < 1.29 is 17.9 Å². The van der Waals surface area contributed by atoms with Crippen LogP contribution in [0.2, 0.25) is 0 Å². The van der Waals surface area contributed by atoms with E-state index in [0.29, 0.717) is 11.1 Å². The Labute approximate surface area is 115 Å². The van der Waals surface area contributed by atoms with Gasteiger partial charge in [-0.1, -0.05) is 12.1 Å². The van der Waals surface area contributed by atoms with Crippen LogP contribution in [0.3, 0.4) is 0 Å². The van der Waals surface area contributed by atoms with E-state index in [1.807, 2.05) is 0 Å². The topological polar surface area (TPSA) is 21.3 Å². The SMILES string of the molecule is COc1ccc(CNc2c(F)ccc(C)c2F)cc1F. The van der Waals surface area contributed by atoms with Crippen LogP contribution in [0.15, 0.2) is 30.3 Å². The molecule has 0 amide bonds. The minimum atomic E-state index is -0.679. The first kappa shape index (κ1) is 14.2. The lowest BCUT2D eigenvalue weighted by Crippen LogP contribution is -2.05. The van der Waals surface area contributed by atoms with Crippen LogP contribution in [0.1, 0.15) is 11.1 Å². The maximum atomic E-state index is 13.8.